The summed E-state index contributed by atoms with van der Waals surface area (Å²) in [6.45, 7) is 1.12. The van der Waals surface area contributed by atoms with E-state index in [4.69, 9.17) is 0 Å². The van der Waals surface area contributed by atoms with Gasteiger partial charge >= 0.3 is 0 Å². The first-order chi connectivity index (χ1) is 6.45. The van der Waals surface area contributed by atoms with Crippen molar-refractivity contribution in [2.75, 3.05) is 0 Å². The molecule has 1 aliphatic rings. The van der Waals surface area contributed by atoms with Gasteiger partial charge in [0.1, 0.15) is 0 Å². The topological polar surface area (TPSA) is 17.8 Å². The van der Waals surface area contributed by atoms with Crippen molar-refractivity contribution in [3.8, 4) is 0 Å². The average molecular weight is 176 g/mol. The third-order valence-electron chi connectivity index (χ3n) is 2.73. The normalized spacial score (nSPS) is 22.0. The Morgan fingerprint density at radius 3 is 3.08 bits per heavy atom. The molecule has 13 heavy (non-hydrogen) atoms. The van der Waals surface area contributed by atoms with Crippen molar-refractivity contribution in [2.24, 2.45) is 5.92 Å². The van der Waals surface area contributed by atoms with Crippen LogP contribution in [-0.2, 0) is 6.54 Å². The van der Waals surface area contributed by atoms with Gasteiger partial charge < -0.3 is 4.57 Å². The highest BCUT2D eigenvalue weighted by molar-refractivity contribution is 4.90. The molecule has 2 heteroatoms. The largest absolute Gasteiger partial charge is 0.337 e. The molecule has 0 saturated heterocycles. The van der Waals surface area contributed by atoms with E-state index in [1.54, 1.807) is 0 Å². The number of hydrogen-bond acceptors (Lipinski definition) is 1. The summed E-state index contributed by atoms with van der Waals surface area (Å²) < 4.78 is 2.16. The van der Waals surface area contributed by atoms with E-state index in [0.717, 1.165) is 12.5 Å². The monoisotopic (exact) mass is 176 g/mol. The number of hydrogen-bond donors (Lipinski definition) is 0. The van der Waals surface area contributed by atoms with Crippen LogP contribution in [0.15, 0.2) is 30.9 Å². The predicted octanol–water partition coefficient (Wildman–Crippen LogP) is 2.63. The van der Waals surface area contributed by atoms with Gasteiger partial charge in [0, 0.05) is 18.9 Å². The lowest BCUT2D eigenvalue weighted by Gasteiger charge is -2.17. The van der Waals surface area contributed by atoms with Crippen LogP contribution in [0, 0.1) is 5.92 Å². The summed E-state index contributed by atoms with van der Waals surface area (Å²) in [5, 5.41) is 0. The fourth-order valence-corrected chi connectivity index (χ4v) is 1.87. The maximum atomic E-state index is 4.03. The van der Waals surface area contributed by atoms with Gasteiger partial charge in [-0.3, -0.25) is 0 Å². The Hall–Kier alpha value is -1.05. The zero-order chi connectivity index (χ0) is 8.93. The SMILES string of the molecule is C1=CCC(CCn2ccnc2)CC1. The van der Waals surface area contributed by atoms with Crippen molar-refractivity contribution in [3.63, 3.8) is 0 Å². The number of nitrogens with zero attached hydrogens (tertiary/aromatic N) is 2. The van der Waals surface area contributed by atoms with Crippen LogP contribution >= 0.6 is 0 Å². The quantitative estimate of drug-likeness (QED) is 0.647. The van der Waals surface area contributed by atoms with Crippen molar-refractivity contribution < 1.29 is 0 Å². The summed E-state index contributed by atoms with van der Waals surface area (Å²) in [5.74, 6) is 0.896. The molecule has 1 aliphatic carbocycles. The van der Waals surface area contributed by atoms with Crippen molar-refractivity contribution in [1.82, 2.24) is 9.55 Å². The van der Waals surface area contributed by atoms with Gasteiger partial charge in [-0.1, -0.05) is 12.2 Å². The number of aromatic nitrogens is 2. The molecule has 0 saturated carbocycles. The Kier molecular flexibility index (Phi) is 2.80. The molecule has 1 heterocycles. The maximum Gasteiger partial charge on any atom is 0.0945 e. The van der Waals surface area contributed by atoms with Gasteiger partial charge in [-0.15, -0.1) is 0 Å². The van der Waals surface area contributed by atoms with Gasteiger partial charge in [0.2, 0.25) is 0 Å². The summed E-state index contributed by atoms with van der Waals surface area (Å²) in [6.07, 6.45) is 15.6. The van der Waals surface area contributed by atoms with Crippen LogP contribution in [0.4, 0.5) is 0 Å². The lowest BCUT2D eigenvalue weighted by Crippen LogP contribution is -2.06. The van der Waals surface area contributed by atoms with E-state index >= 15 is 0 Å². The number of imidazole rings is 1. The van der Waals surface area contributed by atoms with Crippen LogP contribution in [0.3, 0.4) is 0 Å². The molecule has 0 amide bonds. The molecule has 0 N–H and O–H groups in total. The van der Waals surface area contributed by atoms with E-state index in [9.17, 15) is 0 Å². The Morgan fingerprint density at radius 2 is 2.38 bits per heavy atom. The van der Waals surface area contributed by atoms with Crippen molar-refractivity contribution in [3.05, 3.63) is 30.9 Å². The molecular weight excluding hydrogens is 160 g/mol. The molecule has 1 atom stereocenters. The van der Waals surface area contributed by atoms with Crippen LogP contribution in [0.1, 0.15) is 25.7 Å². The Balaban J connectivity index is 1.76. The molecule has 1 aromatic heterocycles. The minimum absolute atomic E-state index is 0.896. The second kappa shape index (κ2) is 4.26. The number of rotatable bonds is 3. The van der Waals surface area contributed by atoms with Crippen LogP contribution in [0.25, 0.3) is 0 Å². The molecule has 0 aromatic carbocycles. The van der Waals surface area contributed by atoms with E-state index in [1.165, 1.54) is 25.7 Å². The fraction of sp³-hybridized carbons (Fsp3) is 0.545. The first-order valence-electron chi connectivity index (χ1n) is 5.06. The van der Waals surface area contributed by atoms with Gasteiger partial charge in [-0.2, -0.15) is 0 Å². The zero-order valence-electron chi connectivity index (χ0n) is 7.89. The fourth-order valence-electron chi connectivity index (χ4n) is 1.87. The van der Waals surface area contributed by atoms with Crippen LogP contribution in [0.2, 0.25) is 0 Å². The second-order valence-electron chi connectivity index (χ2n) is 3.74. The lowest BCUT2D eigenvalue weighted by molar-refractivity contribution is 0.414. The summed E-state index contributed by atoms with van der Waals surface area (Å²) in [5.41, 5.74) is 0. The molecule has 0 bridgehead atoms. The standard InChI is InChI=1S/C11H16N2/c1-2-4-11(5-3-1)6-8-13-9-7-12-10-13/h1-2,7,9-11H,3-6,8H2. The first kappa shape index (κ1) is 8.54. The van der Waals surface area contributed by atoms with Gasteiger partial charge in [-0.05, 0) is 31.6 Å². The summed E-state index contributed by atoms with van der Waals surface area (Å²) in [6, 6.07) is 0. The van der Waals surface area contributed by atoms with Crippen molar-refractivity contribution in [2.45, 2.75) is 32.2 Å². The van der Waals surface area contributed by atoms with Gasteiger partial charge in [0.05, 0.1) is 6.33 Å². The van der Waals surface area contributed by atoms with E-state index in [0.29, 0.717) is 0 Å². The first-order valence-corrected chi connectivity index (χ1v) is 5.06. The molecule has 2 rings (SSSR count). The van der Waals surface area contributed by atoms with Crippen LogP contribution in [0.5, 0.6) is 0 Å². The van der Waals surface area contributed by atoms with E-state index in [-0.39, 0.29) is 0 Å². The molecule has 1 unspecified atom stereocenters. The van der Waals surface area contributed by atoms with E-state index < -0.39 is 0 Å². The van der Waals surface area contributed by atoms with Crippen molar-refractivity contribution in [1.29, 1.82) is 0 Å². The molecule has 0 radical (unpaired) electrons. The number of aryl methyl sites for hydroxylation is 1. The average Bonchev–Trinajstić information content (AvgIpc) is 2.69. The van der Waals surface area contributed by atoms with Gasteiger partial charge in [0.25, 0.3) is 0 Å². The van der Waals surface area contributed by atoms with E-state index in [1.807, 2.05) is 18.7 Å². The second-order valence-corrected chi connectivity index (χ2v) is 3.74. The van der Waals surface area contributed by atoms with Crippen molar-refractivity contribution >= 4 is 0 Å². The predicted molar refractivity (Wildman–Crippen MR) is 53.3 cm³/mol. The molecule has 70 valence electrons. The van der Waals surface area contributed by atoms with Crippen LogP contribution in [-0.4, -0.2) is 9.55 Å². The minimum Gasteiger partial charge on any atom is -0.337 e. The van der Waals surface area contributed by atoms with Gasteiger partial charge in [-0.25, -0.2) is 4.98 Å². The molecule has 0 aliphatic heterocycles. The van der Waals surface area contributed by atoms with Gasteiger partial charge in [0.15, 0.2) is 0 Å². The third-order valence-corrected chi connectivity index (χ3v) is 2.73. The van der Waals surface area contributed by atoms with E-state index in [2.05, 4.69) is 21.7 Å². The third kappa shape index (κ3) is 2.44. The smallest absolute Gasteiger partial charge is 0.0945 e. The summed E-state index contributed by atoms with van der Waals surface area (Å²) in [7, 11) is 0. The number of allylic oxidation sites excluding steroid dienone is 2. The zero-order valence-corrected chi connectivity index (χ0v) is 7.89. The Bertz CT molecular complexity index is 262. The highest BCUT2D eigenvalue weighted by atomic mass is 15.0. The Morgan fingerprint density at radius 1 is 1.38 bits per heavy atom. The molecule has 2 nitrogen and oxygen atoms in total. The highest BCUT2D eigenvalue weighted by Crippen LogP contribution is 2.21. The summed E-state index contributed by atoms with van der Waals surface area (Å²) >= 11 is 0. The highest BCUT2D eigenvalue weighted by Gasteiger charge is 2.08. The molecule has 1 aromatic rings. The molecule has 0 spiro atoms. The minimum atomic E-state index is 0.896. The Labute approximate surface area is 79.3 Å². The maximum absolute atomic E-state index is 4.03. The molecular formula is C11H16N2. The van der Waals surface area contributed by atoms with Crippen LogP contribution < -0.4 is 0 Å². The lowest BCUT2D eigenvalue weighted by atomic mass is 9.91. The summed E-state index contributed by atoms with van der Waals surface area (Å²) in [4.78, 5) is 4.03. The molecule has 0 fully saturated rings.